The van der Waals surface area contributed by atoms with E-state index in [0.29, 0.717) is 50.4 Å². The van der Waals surface area contributed by atoms with Gasteiger partial charge in [-0.2, -0.15) is 0 Å². The lowest BCUT2D eigenvalue weighted by Crippen LogP contribution is -2.52. The molecule has 3 aliphatic heterocycles. The van der Waals surface area contributed by atoms with Gasteiger partial charge in [0.1, 0.15) is 11.7 Å². The van der Waals surface area contributed by atoms with Crippen LogP contribution in [0.2, 0.25) is 0 Å². The van der Waals surface area contributed by atoms with Crippen molar-refractivity contribution in [1.29, 1.82) is 0 Å². The van der Waals surface area contributed by atoms with Gasteiger partial charge in [0.2, 0.25) is 17.7 Å². The summed E-state index contributed by atoms with van der Waals surface area (Å²) in [5, 5.41) is 10.7. The van der Waals surface area contributed by atoms with Crippen molar-refractivity contribution >= 4 is 23.6 Å². The molecule has 2 aromatic rings. The van der Waals surface area contributed by atoms with E-state index in [2.05, 4.69) is 15.6 Å². The topological polar surface area (TPSA) is 127 Å². The number of carbonyl (C=O) groups is 4. The van der Waals surface area contributed by atoms with Crippen LogP contribution in [0.1, 0.15) is 40.9 Å². The van der Waals surface area contributed by atoms with Gasteiger partial charge in [0.25, 0.3) is 5.91 Å². The fourth-order valence-electron chi connectivity index (χ4n) is 4.28. The van der Waals surface area contributed by atoms with Gasteiger partial charge in [-0.05, 0) is 30.2 Å². The number of nitrogens with zero attached hydrogens (tertiary/aromatic N) is 5. The fourth-order valence-corrected chi connectivity index (χ4v) is 4.28. The number of hydrogen-bond donors (Lipinski definition) is 1. The Hall–Kier alpha value is -3.60. The number of carbonyl (C=O) groups excluding carboxylic acids is 4. The molecule has 0 aliphatic carbocycles. The van der Waals surface area contributed by atoms with Crippen molar-refractivity contribution in [2.45, 2.75) is 38.4 Å². The third-order valence-electron chi connectivity index (χ3n) is 5.98. The van der Waals surface area contributed by atoms with Crippen molar-refractivity contribution in [3.05, 3.63) is 41.2 Å². The number of rotatable bonds is 4. The highest BCUT2D eigenvalue weighted by Gasteiger charge is 2.39. The van der Waals surface area contributed by atoms with Crippen LogP contribution in [0.25, 0.3) is 5.69 Å². The van der Waals surface area contributed by atoms with Crippen molar-refractivity contribution in [3.63, 3.8) is 0 Å². The number of hydrogen-bond acceptors (Lipinski definition) is 7. The molecule has 3 aliphatic rings. The normalized spacial score (nSPS) is 21.6. The van der Waals surface area contributed by atoms with E-state index in [4.69, 9.17) is 4.74 Å². The van der Waals surface area contributed by atoms with E-state index in [1.54, 1.807) is 27.9 Å². The molecule has 0 saturated carbocycles. The van der Waals surface area contributed by atoms with Crippen LogP contribution in [0.15, 0.2) is 24.4 Å². The molecule has 1 N–H and O–H groups in total. The lowest BCUT2D eigenvalue weighted by atomic mass is 10.0. The van der Waals surface area contributed by atoms with E-state index in [1.165, 1.54) is 4.90 Å². The lowest BCUT2D eigenvalue weighted by Gasteiger charge is -2.29. The van der Waals surface area contributed by atoms with E-state index in [9.17, 15) is 19.2 Å². The molecule has 1 unspecified atom stereocenters. The monoisotopic (exact) mass is 438 g/mol. The van der Waals surface area contributed by atoms with Crippen molar-refractivity contribution in [1.82, 2.24) is 30.1 Å². The van der Waals surface area contributed by atoms with Gasteiger partial charge >= 0.3 is 0 Å². The molecule has 4 heterocycles. The third-order valence-corrected chi connectivity index (χ3v) is 5.98. The van der Waals surface area contributed by atoms with E-state index in [0.717, 1.165) is 11.3 Å². The Morgan fingerprint density at radius 3 is 2.84 bits per heavy atom. The third kappa shape index (κ3) is 3.75. The predicted octanol–water partition coefficient (Wildman–Crippen LogP) is -0.223. The van der Waals surface area contributed by atoms with Crippen LogP contribution >= 0.6 is 0 Å². The maximum Gasteiger partial charge on any atom is 0.255 e. The van der Waals surface area contributed by atoms with E-state index >= 15 is 0 Å². The van der Waals surface area contributed by atoms with Gasteiger partial charge in [0.05, 0.1) is 38.1 Å². The van der Waals surface area contributed by atoms with Gasteiger partial charge < -0.3 is 14.5 Å². The van der Waals surface area contributed by atoms with Gasteiger partial charge in [-0.15, -0.1) is 5.10 Å². The molecule has 32 heavy (non-hydrogen) atoms. The summed E-state index contributed by atoms with van der Waals surface area (Å²) in [6, 6.07) is 4.69. The Balaban J connectivity index is 1.32. The second-order valence-corrected chi connectivity index (χ2v) is 8.07. The Morgan fingerprint density at radius 2 is 2.00 bits per heavy atom. The Morgan fingerprint density at radius 1 is 1.12 bits per heavy atom. The molecule has 0 spiro atoms. The average Bonchev–Trinajstić information content (AvgIpc) is 3.30. The van der Waals surface area contributed by atoms with Crippen molar-refractivity contribution in [2.75, 3.05) is 19.8 Å². The van der Waals surface area contributed by atoms with Gasteiger partial charge in [-0.3, -0.25) is 24.5 Å². The van der Waals surface area contributed by atoms with E-state index < -0.39 is 11.9 Å². The number of fused-ring (bicyclic) bond motifs is 1. The Labute approximate surface area is 183 Å². The minimum Gasteiger partial charge on any atom is -0.379 e. The summed E-state index contributed by atoms with van der Waals surface area (Å²) >= 11 is 0. The molecule has 1 aromatic heterocycles. The Bertz CT molecular complexity index is 1110. The zero-order valence-electron chi connectivity index (χ0n) is 17.3. The van der Waals surface area contributed by atoms with Crippen LogP contribution in [0, 0.1) is 0 Å². The lowest BCUT2D eigenvalue weighted by molar-refractivity contribution is -0.137. The SMILES string of the molecule is O=C1CCC(N2Cc3cc(-n4cc(CN5CCOCCC5=O)nn4)ccc3C2=O)C(=O)N1. The molecule has 0 bridgehead atoms. The van der Waals surface area contributed by atoms with Crippen molar-refractivity contribution in [3.8, 4) is 5.69 Å². The number of aromatic nitrogens is 3. The minimum absolute atomic E-state index is 0.0293. The molecule has 2 saturated heterocycles. The molecule has 5 rings (SSSR count). The van der Waals surface area contributed by atoms with Crippen LogP contribution in [-0.2, 0) is 32.2 Å². The summed E-state index contributed by atoms with van der Waals surface area (Å²) in [6.45, 7) is 2.10. The highest BCUT2D eigenvalue weighted by atomic mass is 16.5. The Kier molecular flexibility index (Phi) is 5.17. The standard InChI is InChI=1S/C21H22N6O5/c28-18-4-3-17(20(30)22-18)26-10-13-9-15(1-2-16(13)21(26)31)27-12-14(23-24-27)11-25-6-8-32-7-5-19(25)29/h1-2,9,12,17H,3-8,10-11H2,(H,22,28,30). The fraction of sp³-hybridized carbons (Fsp3) is 0.429. The minimum atomic E-state index is -0.649. The first kappa shape index (κ1) is 20.3. The molecular weight excluding hydrogens is 416 g/mol. The highest BCUT2D eigenvalue weighted by Crippen LogP contribution is 2.29. The number of amides is 4. The zero-order chi connectivity index (χ0) is 22.2. The number of nitrogens with one attached hydrogen (secondary N) is 1. The first-order valence-corrected chi connectivity index (χ1v) is 10.5. The highest BCUT2D eigenvalue weighted by molar-refractivity contribution is 6.05. The predicted molar refractivity (Wildman–Crippen MR) is 108 cm³/mol. The quantitative estimate of drug-likeness (QED) is 0.654. The maximum absolute atomic E-state index is 12.8. The summed E-state index contributed by atoms with van der Waals surface area (Å²) in [7, 11) is 0. The largest absolute Gasteiger partial charge is 0.379 e. The zero-order valence-corrected chi connectivity index (χ0v) is 17.3. The van der Waals surface area contributed by atoms with Crippen LogP contribution in [0.3, 0.4) is 0 Å². The van der Waals surface area contributed by atoms with Gasteiger partial charge in [0, 0.05) is 25.1 Å². The van der Waals surface area contributed by atoms with Crippen LogP contribution in [-0.4, -0.2) is 74.2 Å². The molecule has 166 valence electrons. The number of ether oxygens (including phenoxy) is 1. The second-order valence-electron chi connectivity index (χ2n) is 8.07. The second kappa shape index (κ2) is 8.15. The summed E-state index contributed by atoms with van der Waals surface area (Å²) < 4.78 is 6.95. The summed E-state index contributed by atoms with van der Waals surface area (Å²) in [5.41, 5.74) is 2.70. The first-order chi connectivity index (χ1) is 15.5. The van der Waals surface area contributed by atoms with Crippen LogP contribution in [0.4, 0.5) is 0 Å². The summed E-state index contributed by atoms with van der Waals surface area (Å²) in [4.78, 5) is 51.8. The molecule has 11 nitrogen and oxygen atoms in total. The summed E-state index contributed by atoms with van der Waals surface area (Å²) in [6.07, 6.45) is 2.66. The van der Waals surface area contributed by atoms with E-state index in [1.807, 2.05) is 6.07 Å². The molecule has 4 amide bonds. The van der Waals surface area contributed by atoms with Crippen LogP contribution < -0.4 is 5.32 Å². The average molecular weight is 438 g/mol. The molecule has 0 radical (unpaired) electrons. The molecule has 1 aromatic carbocycles. The van der Waals surface area contributed by atoms with E-state index in [-0.39, 0.29) is 30.7 Å². The smallest absolute Gasteiger partial charge is 0.255 e. The molecule has 1 atom stereocenters. The number of imide groups is 1. The maximum atomic E-state index is 12.8. The molecular formula is C21H22N6O5. The summed E-state index contributed by atoms with van der Waals surface area (Å²) in [5.74, 6) is -0.935. The van der Waals surface area contributed by atoms with Gasteiger partial charge in [-0.1, -0.05) is 5.21 Å². The first-order valence-electron chi connectivity index (χ1n) is 10.5. The number of benzene rings is 1. The number of piperidine rings is 1. The van der Waals surface area contributed by atoms with Crippen molar-refractivity contribution in [2.24, 2.45) is 0 Å². The van der Waals surface area contributed by atoms with Gasteiger partial charge in [-0.25, -0.2) is 4.68 Å². The van der Waals surface area contributed by atoms with Gasteiger partial charge in [0.15, 0.2) is 0 Å². The molecule has 11 heteroatoms. The van der Waals surface area contributed by atoms with Crippen molar-refractivity contribution < 1.29 is 23.9 Å². The van der Waals surface area contributed by atoms with Crippen LogP contribution in [0.5, 0.6) is 0 Å². The molecule has 2 fully saturated rings.